The second-order valence-electron chi connectivity index (χ2n) is 4.85. The highest BCUT2D eigenvalue weighted by Crippen LogP contribution is 2.36. The van der Waals surface area contributed by atoms with Crippen LogP contribution in [0.3, 0.4) is 0 Å². The Morgan fingerprint density at radius 3 is 2.00 bits per heavy atom. The number of rotatable bonds is 3. The first-order valence-corrected chi connectivity index (χ1v) is 8.60. The number of hydrogen-bond donors (Lipinski definition) is 0. The molecule has 0 bridgehead atoms. The number of alkyl halides is 1. The molecular weight excluding hydrogens is 279 g/mol. The zero-order valence-corrected chi connectivity index (χ0v) is 12.2. The summed E-state index contributed by atoms with van der Waals surface area (Å²) in [7, 11) is -1.47. The molecule has 3 heteroatoms. The molecule has 0 aromatic heterocycles. The minimum absolute atomic E-state index is 0.346. The summed E-state index contributed by atoms with van der Waals surface area (Å²) in [5.74, 6) is 0. The summed E-state index contributed by atoms with van der Waals surface area (Å²) in [5, 5.41) is 0.346. The topological polar surface area (TPSA) is 9.23 Å². The van der Waals surface area contributed by atoms with Crippen LogP contribution in [-0.4, -0.2) is 18.8 Å². The summed E-state index contributed by atoms with van der Waals surface area (Å²) in [6, 6.07) is 0. The molecular formula is C9H21IOSi. The molecule has 12 heavy (non-hydrogen) atoms. The Bertz CT molecular complexity index is 138. The standard InChI is InChI=1S/C9H21IOSi/c1-8(10)7-11-12(5,6)9(2,3)4/h8H,7H2,1-6H3/t8-/m0/s1. The van der Waals surface area contributed by atoms with Crippen molar-refractivity contribution < 1.29 is 4.43 Å². The van der Waals surface area contributed by atoms with Crippen LogP contribution in [0.2, 0.25) is 18.1 Å². The van der Waals surface area contributed by atoms with Crippen molar-refractivity contribution in [1.29, 1.82) is 0 Å². The second kappa shape index (κ2) is 4.42. The molecule has 0 spiro atoms. The highest BCUT2D eigenvalue weighted by atomic mass is 127. The number of hydrogen-bond acceptors (Lipinski definition) is 1. The van der Waals surface area contributed by atoms with Gasteiger partial charge in [0.1, 0.15) is 0 Å². The van der Waals surface area contributed by atoms with Crippen molar-refractivity contribution in [2.45, 2.75) is 49.8 Å². The van der Waals surface area contributed by atoms with Gasteiger partial charge in [0, 0.05) is 10.5 Å². The van der Waals surface area contributed by atoms with E-state index < -0.39 is 8.32 Å². The Balaban J connectivity index is 4.05. The Hall–Kier alpha value is 0.907. The molecule has 0 aromatic carbocycles. The van der Waals surface area contributed by atoms with Crippen LogP contribution in [0.25, 0.3) is 0 Å². The van der Waals surface area contributed by atoms with E-state index >= 15 is 0 Å². The van der Waals surface area contributed by atoms with Crippen molar-refractivity contribution in [2.24, 2.45) is 0 Å². The van der Waals surface area contributed by atoms with Crippen molar-refractivity contribution in [2.75, 3.05) is 6.61 Å². The number of halogens is 1. The summed E-state index contributed by atoms with van der Waals surface area (Å²) in [6.07, 6.45) is 0. The predicted octanol–water partition coefficient (Wildman–Crippen LogP) is 3.83. The van der Waals surface area contributed by atoms with Crippen LogP contribution in [0.4, 0.5) is 0 Å². The van der Waals surface area contributed by atoms with Crippen LogP contribution in [0.1, 0.15) is 27.7 Å². The van der Waals surface area contributed by atoms with Gasteiger partial charge in [-0.25, -0.2) is 0 Å². The molecule has 0 heterocycles. The van der Waals surface area contributed by atoms with Gasteiger partial charge in [-0.05, 0) is 18.1 Å². The molecule has 0 unspecified atom stereocenters. The zero-order valence-electron chi connectivity index (χ0n) is 9.07. The smallest absolute Gasteiger partial charge is 0.192 e. The lowest BCUT2D eigenvalue weighted by Gasteiger charge is -2.36. The first-order chi connectivity index (χ1) is 5.17. The molecule has 0 radical (unpaired) electrons. The molecule has 0 rings (SSSR count). The lowest BCUT2D eigenvalue weighted by Crippen LogP contribution is -2.41. The largest absolute Gasteiger partial charge is 0.416 e. The maximum atomic E-state index is 5.99. The molecule has 0 aliphatic heterocycles. The fraction of sp³-hybridized carbons (Fsp3) is 1.00. The first kappa shape index (κ1) is 12.9. The van der Waals surface area contributed by atoms with Crippen molar-refractivity contribution in [3.8, 4) is 0 Å². The van der Waals surface area contributed by atoms with Gasteiger partial charge >= 0.3 is 0 Å². The average molecular weight is 300 g/mol. The average Bonchev–Trinajstić information content (AvgIpc) is 1.81. The van der Waals surface area contributed by atoms with Gasteiger partial charge in [-0.2, -0.15) is 0 Å². The molecule has 0 aliphatic rings. The molecule has 1 atom stereocenters. The van der Waals surface area contributed by atoms with Crippen LogP contribution in [0.5, 0.6) is 0 Å². The van der Waals surface area contributed by atoms with E-state index in [1.165, 1.54) is 0 Å². The van der Waals surface area contributed by atoms with E-state index in [0.29, 0.717) is 8.96 Å². The quantitative estimate of drug-likeness (QED) is 0.437. The van der Waals surface area contributed by atoms with Crippen LogP contribution >= 0.6 is 22.6 Å². The van der Waals surface area contributed by atoms with E-state index in [1.54, 1.807) is 0 Å². The molecule has 0 aliphatic carbocycles. The van der Waals surface area contributed by atoms with Crippen LogP contribution < -0.4 is 0 Å². The van der Waals surface area contributed by atoms with Gasteiger partial charge in [-0.15, -0.1) is 0 Å². The molecule has 0 fully saturated rings. The van der Waals surface area contributed by atoms with Crippen molar-refractivity contribution in [1.82, 2.24) is 0 Å². The summed E-state index contributed by atoms with van der Waals surface area (Å²) >= 11 is 2.41. The molecule has 1 nitrogen and oxygen atoms in total. The van der Waals surface area contributed by atoms with Gasteiger partial charge in [0.05, 0.1) is 0 Å². The third kappa shape index (κ3) is 4.23. The van der Waals surface area contributed by atoms with Crippen LogP contribution in [0, 0.1) is 0 Å². The van der Waals surface area contributed by atoms with Gasteiger partial charge in [0.15, 0.2) is 8.32 Å². The zero-order chi connectivity index (χ0) is 9.99. The Kier molecular flexibility index (Phi) is 4.75. The second-order valence-corrected chi connectivity index (χ2v) is 11.8. The lowest BCUT2D eigenvalue weighted by atomic mass is 10.2. The Morgan fingerprint density at radius 1 is 1.33 bits per heavy atom. The fourth-order valence-corrected chi connectivity index (χ4v) is 2.16. The molecule has 0 saturated heterocycles. The summed E-state index contributed by atoms with van der Waals surface area (Å²) in [6.45, 7) is 14.5. The normalized spacial score (nSPS) is 16.2. The van der Waals surface area contributed by atoms with E-state index in [0.717, 1.165) is 6.61 Å². The van der Waals surface area contributed by atoms with E-state index in [-0.39, 0.29) is 0 Å². The maximum Gasteiger partial charge on any atom is 0.192 e. The molecule has 0 N–H and O–H groups in total. The molecule has 74 valence electrons. The van der Waals surface area contributed by atoms with Gasteiger partial charge in [0.2, 0.25) is 0 Å². The molecule has 0 amide bonds. The lowest BCUT2D eigenvalue weighted by molar-refractivity contribution is 0.296. The van der Waals surface area contributed by atoms with Crippen molar-refractivity contribution in [3.05, 3.63) is 0 Å². The first-order valence-electron chi connectivity index (χ1n) is 4.45. The SMILES string of the molecule is C[C@H](I)CO[Si](C)(C)C(C)(C)C. The van der Waals surface area contributed by atoms with Gasteiger partial charge < -0.3 is 4.43 Å². The minimum atomic E-state index is -1.47. The molecule has 0 saturated carbocycles. The van der Waals surface area contributed by atoms with Gasteiger partial charge in [0.25, 0.3) is 0 Å². The third-order valence-electron chi connectivity index (χ3n) is 2.48. The summed E-state index contributed by atoms with van der Waals surface area (Å²) in [5.41, 5.74) is 0. The predicted molar refractivity (Wildman–Crippen MR) is 66.6 cm³/mol. The Morgan fingerprint density at radius 2 is 1.75 bits per heavy atom. The van der Waals surface area contributed by atoms with E-state index in [4.69, 9.17) is 4.43 Å². The highest BCUT2D eigenvalue weighted by Gasteiger charge is 2.37. The Labute approximate surface area is 91.5 Å². The third-order valence-corrected chi connectivity index (χ3v) is 7.34. The molecule has 0 aromatic rings. The van der Waals surface area contributed by atoms with Crippen molar-refractivity contribution >= 4 is 30.9 Å². The van der Waals surface area contributed by atoms with Crippen LogP contribution in [-0.2, 0) is 4.43 Å². The maximum absolute atomic E-state index is 5.99. The van der Waals surface area contributed by atoms with Gasteiger partial charge in [-0.1, -0.05) is 50.3 Å². The monoisotopic (exact) mass is 300 g/mol. The summed E-state index contributed by atoms with van der Waals surface area (Å²) in [4.78, 5) is 0. The van der Waals surface area contributed by atoms with E-state index in [2.05, 4.69) is 63.4 Å². The highest BCUT2D eigenvalue weighted by molar-refractivity contribution is 14.1. The van der Waals surface area contributed by atoms with E-state index in [9.17, 15) is 0 Å². The minimum Gasteiger partial charge on any atom is -0.416 e. The van der Waals surface area contributed by atoms with Crippen molar-refractivity contribution in [3.63, 3.8) is 0 Å². The summed E-state index contributed by atoms with van der Waals surface area (Å²) < 4.78 is 6.61. The fourth-order valence-electron chi connectivity index (χ4n) is 0.540. The van der Waals surface area contributed by atoms with Gasteiger partial charge in [-0.3, -0.25) is 0 Å². The van der Waals surface area contributed by atoms with E-state index in [1.807, 2.05) is 0 Å². The van der Waals surface area contributed by atoms with Crippen LogP contribution in [0.15, 0.2) is 0 Å².